The van der Waals surface area contributed by atoms with Gasteiger partial charge in [-0.3, -0.25) is 10.5 Å². The molecule has 0 aliphatic rings. The first-order valence-electron chi connectivity index (χ1n) is 5.74. The van der Waals surface area contributed by atoms with Crippen molar-refractivity contribution in [2.45, 2.75) is 31.9 Å². The molecule has 6 heteroatoms. The number of nitrogens with two attached hydrogens (primary N) is 1. The van der Waals surface area contributed by atoms with Crippen LogP contribution in [0.2, 0.25) is 0 Å². The molecule has 3 N–H and O–H groups in total. The van der Waals surface area contributed by atoms with Crippen LogP contribution in [0.4, 0.5) is 0 Å². The highest BCUT2D eigenvalue weighted by atomic mass is 16.5. The molecule has 0 fully saturated rings. The summed E-state index contributed by atoms with van der Waals surface area (Å²) in [4.78, 5) is 0. The van der Waals surface area contributed by atoms with Crippen LogP contribution in [0.25, 0.3) is 0 Å². The van der Waals surface area contributed by atoms with Crippen LogP contribution in [-0.4, -0.2) is 30.1 Å². The molecule has 0 aliphatic heterocycles. The summed E-state index contributed by atoms with van der Waals surface area (Å²) < 4.78 is 12.5. The molecule has 1 aromatic heterocycles. The van der Waals surface area contributed by atoms with E-state index >= 15 is 0 Å². The molecule has 0 amide bonds. The van der Waals surface area contributed by atoms with Crippen LogP contribution in [0.1, 0.15) is 31.5 Å². The molecule has 0 bridgehead atoms. The summed E-state index contributed by atoms with van der Waals surface area (Å²) in [5.74, 6) is 6.35. The molecule has 0 aromatic carbocycles. The highest BCUT2D eigenvalue weighted by molar-refractivity contribution is 5.29. The normalized spacial score (nSPS) is 14.6. The van der Waals surface area contributed by atoms with Gasteiger partial charge in [-0.1, -0.05) is 13.3 Å². The summed E-state index contributed by atoms with van der Waals surface area (Å²) in [5.41, 5.74) is 3.69. The van der Waals surface area contributed by atoms with Gasteiger partial charge in [-0.25, -0.2) is 5.43 Å². The van der Waals surface area contributed by atoms with E-state index in [1.165, 1.54) is 0 Å². The van der Waals surface area contributed by atoms with Crippen molar-refractivity contribution >= 4 is 0 Å². The van der Waals surface area contributed by atoms with E-state index in [4.69, 9.17) is 15.3 Å². The SMILES string of the molecule is CCCC(OC)C(NN)c1c(OC)cnn1C. The maximum Gasteiger partial charge on any atom is 0.161 e. The highest BCUT2D eigenvalue weighted by Crippen LogP contribution is 2.28. The average Bonchev–Trinajstić information content (AvgIpc) is 2.71. The Bertz CT molecular complexity index is 340. The summed E-state index contributed by atoms with van der Waals surface area (Å²) in [6.07, 6.45) is 3.61. The second kappa shape index (κ2) is 6.58. The molecule has 1 heterocycles. The zero-order valence-electron chi connectivity index (χ0n) is 10.9. The van der Waals surface area contributed by atoms with E-state index in [9.17, 15) is 0 Å². The number of nitrogens with zero attached hydrogens (tertiary/aromatic N) is 2. The van der Waals surface area contributed by atoms with Gasteiger partial charge >= 0.3 is 0 Å². The summed E-state index contributed by atoms with van der Waals surface area (Å²) in [7, 11) is 5.17. The van der Waals surface area contributed by atoms with Gasteiger partial charge in [0.15, 0.2) is 5.75 Å². The molecular formula is C11H22N4O2. The second-order valence-corrected chi connectivity index (χ2v) is 3.93. The first-order valence-corrected chi connectivity index (χ1v) is 5.74. The molecule has 0 saturated carbocycles. The number of hydrazine groups is 1. The Kier molecular flexibility index (Phi) is 5.40. The van der Waals surface area contributed by atoms with E-state index in [0.29, 0.717) is 5.75 Å². The molecule has 2 atom stereocenters. The van der Waals surface area contributed by atoms with Gasteiger partial charge in [0.1, 0.15) is 5.69 Å². The van der Waals surface area contributed by atoms with Crippen molar-refractivity contribution in [2.24, 2.45) is 12.9 Å². The predicted octanol–water partition coefficient (Wildman–Crippen LogP) is 0.748. The van der Waals surface area contributed by atoms with Crippen LogP contribution in [0.5, 0.6) is 5.75 Å². The fraction of sp³-hybridized carbons (Fsp3) is 0.727. The van der Waals surface area contributed by atoms with Gasteiger partial charge in [-0.05, 0) is 6.42 Å². The molecule has 1 rings (SSSR count). The maximum absolute atomic E-state index is 5.64. The van der Waals surface area contributed by atoms with Crippen LogP contribution in [0.3, 0.4) is 0 Å². The van der Waals surface area contributed by atoms with Gasteiger partial charge in [0.05, 0.1) is 25.5 Å². The summed E-state index contributed by atoms with van der Waals surface area (Å²) >= 11 is 0. The summed E-state index contributed by atoms with van der Waals surface area (Å²) in [6.45, 7) is 2.11. The minimum absolute atomic E-state index is 0.00528. The van der Waals surface area contributed by atoms with Crippen LogP contribution in [0.15, 0.2) is 6.20 Å². The van der Waals surface area contributed by atoms with Crippen LogP contribution < -0.4 is 16.0 Å². The Hall–Kier alpha value is -1.11. The van der Waals surface area contributed by atoms with Gasteiger partial charge < -0.3 is 9.47 Å². The second-order valence-electron chi connectivity index (χ2n) is 3.93. The number of nitrogens with one attached hydrogen (secondary N) is 1. The number of aryl methyl sites for hydroxylation is 1. The van der Waals surface area contributed by atoms with Crippen molar-refractivity contribution < 1.29 is 9.47 Å². The number of methoxy groups -OCH3 is 2. The van der Waals surface area contributed by atoms with Crippen LogP contribution in [-0.2, 0) is 11.8 Å². The van der Waals surface area contributed by atoms with Crippen molar-refractivity contribution in [3.63, 3.8) is 0 Å². The van der Waals surface area contributed by atoms with E-state index < -0.39 is 0 Å². The lowest BCUT2D eigenvalue weighted by molar-refractivity contribution is 0.0573. The number of hydrogen-bond donors (Lipinski definition) is 2. The highest BCUT2D eigenvalue weighted by Gasteiger charge is 2.27. The van der Waals surface area contributed by atoms with Crippen molar-refractivity contribution in [1.29, 1.82) is 0 Å². The predicted molar refractivity (Wildman–Crippen MR) is 65.5 cm³/mol. The molecule has 0 aliphatic carbocycles. The molecular weight excluding hydrogens is 220 g/mol. The maximum atomic E-state index is 5.64. The lowest BCUT2D eigenvalue weighted by atomic mass is 10.0. The number of aromatic nitrogens is 2. The number of hydrogen-bond acceptors (Lipinski definition) is 5. The zero-order valence-corrected chi connectivity index (χ0v) is 10.9. The third kappa shape index (κ3) is 2.96. The number of ether oxygens (including phenoxy) is 2. The zero-order chi connectivity index (χ0) is 12.8. The minimum atomic E-state index is -0.137. The third-order valence-electron chi connectivity index (χ3n) is 2.89. The Balaban J connectivity index is 3.02. The fourth-order valence-electron chi connectivity index (χ4n) is 2.01. The van der Waals surface area contributed by atoms with E-state index in [1.54, 1.807) is 25.1 Å². The third-order valence-corrected chi connectivity index (χ3v) is 2.89. The lowest BCUT2D eigenvalue weighted by Gasteiger charge is -2.25. The van der Waals surface area contributed by atoms with Gasteiger partial charge in [-0.15, -0.1) is 0 Å². The first kappa shape index (κ1) is 14.0. The van der Waals surface area contributed by atoms with Crippen molar-refractivity contribution in [2.75, 3.05) is 14.2 Å². The Labute approximate surface area is 102 Å². The molecule has 98 valence electrons. The first-order chi connectivity index (χ1) is 8.19. The lowest BCUT2D eigenvalue weighted by Crippen LogP contribution is -2.39. The topological polar surface area (TPSA) is 74.3 Å². The van der Waals surface area contributed by atoms with Crippen LogP contribution in [0, 0.1) is 0 Å². The average molecular weight is 242 g/mol. The molecule has 6 nitrogen and oxygen atoms in total. The van der Waals surface area contributed by atoms with Crippen molar-refractivity contribution in [3.05, 3.63) is 11.9 Å². The smallest absolute Gasteiger partial charge is 0.161 e. The van der Waals surface area contributed by atoms with Gasteiger partial charge in [0, 0.05) is 14.2 Å². The molecule has 17 heavy (non-hydrogen) atoms. The van der Waals surface area contributed by atoms with Gasteiger partial charge in [0.2, 0.25) is 0 Å². The quantitative estimate of drug-likeness (QED) is 0.545. The van der Waals surface area contributed by atoms with Crippen LogP contribution >= 0.6 is 0 Å². The molecule has 0 radical (unpaired) electrons. The monoisotopic (exact) mass is 242 g/mol. The number of rotatable bonds is 7. The van der Waals surface area contributed by atoms with Gasteiger partial charge in [-0.2, -0.15) is 5.10 Å². The van der Waals surface area contributed by atoms with E-state index in [-0.39, 0.29) is 12.1 Å². The Morgan fingerprint density at radius 3 is 2.71 bits per heavy atom. The molecule has 1 aromatic rings. The fourth-order valence-corrected chi connectivity index (χ4v) is 2.01. The van der Waals surface area contributed by atoms with E-state index in [2.05, 4.69) is 17.4 Å². The Morgan fingerprint density at radius 2 is 2.24 bits per heavy atom. The summed E-state index contributed by atoms with van der Waals surface area (Å²) in [5, 5.41) is 4.17. The standard InChI is InChI=1S/C11H22N4O2/c1-5-6-8(16-3)10(14-12)11-9(17-4)7-13-15(11)2/h7-8,10,14H,5-6,12H2,1-4H3. The Morgan fingerprint density at radius 1 is 1.53 bits per heavy atom. The van der Waals surface area contributed by atoms with E-state index in [1.807, 2.05) is 7.05 Å². The summed E-state index contributed by atoms with van der Waals surface area (Å²) in [6, 6.07) is -0.137. The molecule has 2 unspecified atom stereocenters. The van der Waals surface area contributed by atoms with Crippen molar-refractivity contribution in [3.8, 4) is 5.75 Å². The van der Waals surface area contributed by atoms with E-state index in [0.717, 1.165) is 18.5 Å². The molecule has 0 saturated heterocycles. The minimum Gasteiger partial charge on any atom is -0.493 e. The molecule has 0 spiro atoms. The van der Waals surface area contributed by atoms with Crippen molar-refractivity contribution in [1.82, 2.24) is 15.2 Å². The largest absolute Gasteiger partial charge is 0.493 e. The van der Waals surface area contributed by atoms with Gasteiger partial charge in [0.25, 0.3) is 0 Å².